The lowest BCUT2D eigenvalue weighted by molar-refractivity contribution is 0.0194. The molecule has 0 spiro atoms. The van der Waals surface area contributed by atoms with Crippen LogP contribution in [0.5, 0.6) is 5.75 Å². The minimum absolute atomic E-state index is 0.149. The van der Waals surface area contributed by atoms with E-state index in [0.717, 1.165) is 5.56 Å². The van der Waals surface area contributed by atoms with Crippen molar-refractivity contribution in [2.24, 2.45) is 0 Å². The second kappa shape index (κ2) is 4.39. The number of aliphatic hydroxyl groups excluding tert-OH is 3. The first-order valence-corrected chi connectivity index (χ1v) is 5.15. The molecule has 0 aromatic heterocycles. The van der Waals surface area contributed by atoms with Crippen LogP contribution in [0.2, 0.25) is 0 Å². The van der Waals surface area contributed by atoms with Gasteiger partial charge in [0.2, 0.25) is 0 Å². The molecule has 1 aliphatic heterocycles. The number of phenols is 1. The van der Waals surface area contributed by atoms with Gasteiger partial charge in [-0.2, -0.15) is 0 Å². The quantitative estimate of drug-likeness (QED) is 0.451. The number of aliphatic hydroxyl groups is 3. The fourth-order valence-corrected chi connectivity index (χ4v) is 2.00. The minimum Gasteiger partial charge on any atom is -0.508 e. The molecular weight excluding hydrogens is 210 g/mol. The van der Waals surface area contributed by atoms with Crippen molar-refractivity contribution in [1.29, 1.82) is 0 Å². The lowest BCUT2D eigenvalue weighted by Crippen LogP contribution is -2.35. The zero-order valence-corrected chi connectivity index (χ0v) is 8.61. The monoisotopic (exact) mass is 225 g/mol. The van der Waals surface area contributed by atoms with Gasteiger partial charge in [0.1, 0.15) is 11.9 Å². The molecule has 1 aliphatic rings. The van der Waals surface area contributed by atoms with Crippen molar-refractivity contribution in [2.45, 2.75) is 24.3 Å². The van der Waals surface area contributed by atoms with Gasteiger partial charge in [-0.1, -0.05) is 12.1 Å². The van der Waals surface area contributed by atoms with Gasteiger partial charge >= 0.3 is 0 Å². The van der Waals surface area contributed by atoms with E-state index >= 15 is 0 Å². The summed E-state index contributed by atoms with van der Waals surface area (Å²) < 4.78 is 0. The highest BCUT2D eigenvalue weighted by atomic mass is 16.3. The maximum atomic E-state index is 9.80. The van der Waals surface area contributed by atoms with E-state index in [-0.39, 0.29) is 12.4 Å². The van der Waals surface area contributed by atoms with Crippen molar-refractivity contribution in [3.05, 3.63) is 29.8 Å². The third-order valence-corrected chi connectivity index (χ3v) is 2.95. The van der Waals surface area contributed by atoms with Crippen LogP contribution < -0.4 is 5.32 Å². The second-order valence-corrected chi connectivity index (χ2v) is 4.01. The summed E-state index contributed by atoms with van der Waals surface area (Å²) in [5.41, 5.74) is 0.764. The predicted molar refractivity (Wildman–Crippen MR) is 56.9 cm³/mol. The standard InChI is InChI=1S/C11H15NO4/c13-5-8-10(15)11(16)9(12-8)6-1-3-7(14)4-2-6/h1-4,8-16H,5H2/t8-,9+,10-,11-/m1/s1. The smallest absolute Gasteiger partial charge is 0.115 e. The molecule has 0 saturated carbocycles. The van der Waals surface area contributed by atoms with Crippen LogP contribution in [-0.2, 0) is 0 Å². The van der Waals surface area contributed by atoms with Crippen molar-refractivity contribution >= 4 is 0 Å². The average molecular weight is 225 g/mol. The first kappa shape index (κ1) is 11.3. The molecule has 0 amide bonds. The van der Waals surface area contributed by atoms with Gasteiger partial charge in [0.25, 0.3) is 0 Å². The van der Waals surface area contributed by atoms with Gasteiger partial charge in [0, 0.05) is 0 Å². The van der Waals surface area contributed by atoms with Crippen LogP contribution in [0, 0.1) is 0 Å². The molecule has 5 N–H and O–H groups in total. The molecule has 0 aliphatic carbocycles. The highest BCUT2D eigenvalue weighted by Crippen LogP contribution is 2.28. The summed E-state index contributed by atoms with van der Waals surface area (Å²) in [4.78, 5) is 0. The van der Waals surface area contributed by atoms with E-state index < -0.39 is 24.3 Å². The van der Waals surface area contributed by atoms with Gasteiger partial charge in [-0.05, 0) is 17.7 Å². The Hall–Kier alpha value is -1.14. The highest BCUT2D eigenvalue weighted by Gasteiger charge is 2.41. The largest absolute Gasteiger partial charge is 0.508 e. The van der Waals surface area contributed by atoms with Crippen LogP contribution in [0.4, 0.5) is 0 Å². The first-order chi connectivity index (χ1) is 7.63. The van der Waals surface area contributed by atoms with E-state index in [4.69, 9.17) is 10.2 Å². The molecule has 5 nitrogen and oxygen atoms in total. The summed E-state index contributed by atoms with van der Waals surface area (Å²) in [6, 6.07) is 5.43. The molecule has 0 unspecified atom stereocenters. The topological polar surface area (TPSA) is 93.0 Å². The zero-order chi connectivity index (χ0) is 11.7. The Kier molecular flexibility index (Phi) is 3.11. The maximum Gasteiger partial charge on any atom is 0.115 e. The number of hydrogen-bond donors (Lipinski definition) is 5. The van der Waals surface area contributed by atoms with Crippen molar-refractivity contribution in [3.63, 3.8) is 0 Å². The average Bonchev–Trinajstić information content (AvgIpc) is 2.57. The van der Waals surface area contributed by atoms with Crippen molar-refractivity contribution < 1.29 is 20.4 Å². The third-order valence-electron chi connectivity index (χ3n) is 2.95. The van der Waals surface area contributed by atoms with Crippen molar-refractivity contribution in [1.82, 2.24) is 5.32 Å². The SMILES string of the molecule is OC[C@H]1N[C@@H](c2ccc(O)cc2)[C@@H](O)[C@@H]1O. The number of benzene rings is 1. The van der Waals surface area contributed by atoms with Crippen molar-refractivity contribution in [3.8, 4) is 5.75 Å². The second-order valence-electron chi connectivity index (χ2n) is 4.01. The Balaban J connectivity index is 2.19. The Morgan fingerprint density at radius 1 is 1.06 bits per heavy atom. The van der Waals surface area contributed by atoms with E-state index in [1.54, 1.807) is 12.1 Å². The van der Waals surface area contributed by atoms with Crippen LogP contribution in [0.1, 0.15) is 11.6 Å². The van der Waals surface area contributed by atoms with Crippen LogP contribution in [-0.4, -0.2) is 45.3 Å². The van der Waals surface area contributed by atoms with Crippen LogP contribution in [0.15, 0.2) is 24.3 Å². The first-order valence-electron chi connectivity index (χ1n) is 5.15. The molecule has 2 rings (SSSR count). The van der Waals surface area contributed by atoms with Gasteiger partial charge in [-0.3, -0.25) is 0 Å². The van der Waals surface area contributed by atoms with E-state index in [9.17, 15) is 10.2 Å². The molecule has 0 radical (unpaired) electrons. The van der Waals surface area contributed by atoms with E-state index in [0.29, 0.717) is 0 Å². The Morgan fingerprint density at radius 3 is 2.19 bits per heavy atom. The minimum atomic E-state index is -0.983. The predicted octanol–water partition coefficient (Wildman–Crippen LogP) is -0.881. The van der Waals surface area contributed by atoms with Gasteiger partial charge < -0.3 is 25.7 Å². The Morgan fingerprint density at radius 2 is 1.69 bits per heavy atom. The summed E-state index contributed by atoms with van der Waals surface area (Å²) in [5, 5.41) is 40.5. The molecule has 4 atom stereocenters. The summed E-state index contributed by atoms with van der Waals surface area (Å²) in [7, 11) is 0. The van der Waals surface area contributed by atoms with E-state index in [1.807, 2.05) is 0 Å². The summed E-state index contributed by atoms with van der Waals surface area (Å²) >= 11 is 0. The highest BCUT2D eigenvalue weighted by molar-refractivity contribution is 5.30. The molecular formula is C11H15NO4. The number of rotatable bonds is 2. The van der Waals surface area contributed by atoms with Gasteiger partial charge in [0.05, 0.1) is 24.8 Å². The molecule has 1 aromatic carbocycles. The molecule has 1 fully saturated rings. The molecule has 0 bridgehead atoms. The Bertz CT molecular complexity index is 354. The number of nitrogens with one attached hydrogen (secondary N) is 1. The molecule has 88 valence electrons. The summed E-state index contributed by atoms with van der Waals surface area (Å²) in [6.45, 7) is -0.229. The molecule has 1 heterocycles. The van der Waals surface area contributed by atoms with Crippen molar-refractivity contribution in [2.75, 3.05) is 6.61 Å². The maximum absolute atomic E-state index is 9.80. The van der Waals surface area contributed by atoms with Gasteiger partial charge in [0.15, 0.2) is 0 Å². The number of aromatic hydroxyl groups is 1. The lowest BCUT2D eigenvalue weighted by atomic mass is 10.0. The fraction of sp³-hybridized carbons (Fsp3) is 0.455. The van der Waals surface area contributed by atoms with E-state index in [1.165, 1.54) is 12.1 Å². The molecule has 1 saturated heterocycles. The van der Waals surface area contributed by atoms with Crippen LogP contribution in [0.3, 0.4) is 0 Å². The zero-order valence-electron chi connectivity index (χ0n) is 8.61. The van der Waals surface area contributed by atoms with Gasteiger partial charge in [-0.25, -0.2) is 0 Å². The number of hydrogen-bond acceptors (Lipinski definition) is 5. The normalized spacial score (nSPS) is 34.2. The molecule has 16 heavy (non-hydrogen) atoms. The summed E-state index contributed by atoms with van der Waals surface area (Å²) in [5.74, 6) is 0.149. The molecule has 1 aromatic rings. The third kappa shape index (κ3) is 1.90. The van der Waals surface area contributed by atoms with Crippen LogP contribution >= 0.6 is 0 Å². The van der Waals surface area contributed by atoms with E-state index in [2.05, 4.69) is 5.32 Å². The Labute approximate surface area is 93.0 Å². The summed E-state index contributed by atoms with van der Waals surface area (Å²) in [6.07, 6.45) is -1.94. The number of phenolic OH excluding ortho intramolecular Hbond substituents is 1. The fourth-order valence-electron chi connectivity index (χ4n) is 2.00. The van der Waals surface area contributed by atoms with Crippen LogP contribution in [0.25, 0.3) is 0 Å². The van der Waals surface area contributed by atoms with Gasteiger partial charge in [-0.15, -0.1) is 0 Å². The molecule has 5 heteroatoms. The lowest BCUT2D eigenvalue weighted by Gasteiger charge is -2.16.